The minimum Gasteiger partial charge on any atom is -0.457 e. The maximum atomic E-state index is 12.9. The lowest BCUT2D eigenvalue weighted by atomic mass is 10.1. The first-order valence-electron chi connectivity index (χ1n) is 9.39. The highest BCUT2D eigenvalue weighted by Gasteiger charge is 2.32. The summed E-state index contributed by atoms with van der Waals surface area (Å²) < 4.78 is 50.2. The van der Waals surface area contributed by atoms with Crippen molar-refractivity contribution in [2.24, 2.45) is 4.99 Å². The quantitative estimate of drug-likeness (QED) is 0.617. The summed E-state index contributed by atoms with van der Waals surface area (Å²) in [5.41, 5.74) is -0.432. The average molecular weight is 436 g/mol. The van der Waals surface area contributed by atoms with Crippen molar-refractivity contribution in [3.8, 4) is 11.3 Å². The summed E-state index contributed by atoms with van der Waals surface area (Å²) in [6.45, 7) is 5.24. The van der Waals surface area contributed by atoms with Crippen molar-refractivity contribution >= 4 is 28.9 Å². The van der Waals surface area contributed by atoms with Gasteiger partial charge in [0.2, 0.25) is 0 Å². The molecule has 3 heterocycles. The molecule has 2 aromatic rings. The summed E-state index contributed by atoms with van der Waals surface area (Å²) in [7, 11) is 0. The molecule has 4 rings (SSSR count). The highest BCUT2D eigenvalue weighted by Crippen LogP contribution is 2.35. The number of alkyl halides is 3. The first-order valence-corrected chi connectivity index (χ1v) is 10.2. The lowest BCUT2D eigenvalue weighted by Crippen LogP contribution is -2.47. The molecule has 0 N–H and O–H groups in total. The third-order valence-corrected chi connectivity index (χ3v) is 5.72. The van der Waals surface area contributed by atoms with Crippen molar-refractivity contribution in [3.05, 3.63) is 52.6 Å². The number of ether oxygens (including phenoxy) is 1. The Morgan fingerprint density at radius 2 is 1.90 bits per heavy atom. The van der Waals surface area contributed by atoms with Gasteiger partial charge in [0.15, 0.2) is 5.17 Å². The topological polar surface area (TPSA) is 55.0 Å². The van der Waals surface area contributed by atoms with Gasteiger partial charge in [-0.3, -0.25) is 4.79 Å². The van der Waals surface area contributed by atoms with Crippen LogP contribution >= 0.6 is 11.8 Å². The number of rotatable bonds is 2. The number of hydrogen-bond acceptors (Lipinski definition) is 5. The van der Waals surface area contributed by atoms with Crippen molar-refractivity contribution in [3.63, 3.8) is 0 Å². The standard InChI is InChI=1S/C21H19F3N2O3S/c1-12-10-26(11-13(2)28-12)20-25-19(27)18(30-20)9-16-6-7-17(29-16)14-4-3-5-15(8-14)21(22,23)24/h3-9,12-13H,10-11H2,1-2H3/b18-9-. The van der Waals surface area contributed by atoms with Gasteiger partial charge in [-0.25, -0.2) is 0 Å². The monoisotopic (exact) mass is 436 g/mol. The number of halogens is 3. The minimum absolute atomic E-state index is 0.0419. The zero-order valence-corrected chi connectivity index (χ0v) is 17.1. The molecule has 1 saturated heterocycles. The second kappa shape index (κ2) is 7.96. The van der Waals surface area contributed by atoms with Crippen molar-refractivity contribution in [2.75, 3.05) is 13.1 Å². The van der Waals surface area contributed by atoms with Gasteiger partial charge in [0.1, 0.15) is 11.5 Å². The normalized spacial score (nSPS) is 23.9. The molecule has 0 bridgehead atoms. The Balaban J connectivity index is 1.51. The number of morpholine rings is 1. The number of amides is 1. The van der Waals surface area contributed by atoms with Crippen molar-refractivity contribution < 1.29 is 27.1 Å². The van der Waals surface area contributed by atoms with Gasteiger partial charge < -0.3 is 14.1 Å². The van der Waals surface area contributed by atoms with Gasteiger partial charge in [-0.15, -0.1) is 0 Å². The Kier molecular flexibility index (Phi) is 5.50. The molecular formula is C21H19F3N2O3S. The first kappa shape index (κ1) is 20.7. The summed E-state index contributed by atoms with van der Waals surface area (Å²) in [5.74, 6) is 0.303. The molecule has 0 radical (unpaired) electrons. The van der Waals surface area contributed by atoms with Crippen LogP contribution in [-0.4, -0.2) is 41.3 Å². The van der Waals surface area contributed by atoms with Crippen LogP contribution in [0.4, 0.5) is 13.2 Å². The molecule has 2 aliphatic rings. The van der Waals surface area contributed by atoms with Gasteiger partial charge >= 0.3 is 6.18 Å². The third kappa shape index (κ3) is 4.46. The molecule has 2 unspecified atom stereocenters. The summed E-state index contributed by atoms with van der Waals surface area (Å²) in [6.07, 6.45) is -2.78. The summed E-state index contributed by atoms with van der Waals surface area (Å²) in [6, 6.07) is 8.12. The van der Waals surface area contributed by atoms with Gasteiger partial charge in [0, 0.05) is 24.7 Å². The van der Waals surface area contributed by atoms with Crippen LogP contribution in [0.2, 0.25) is 0 Å². The lowest BCUT2D eigenvalue weighted by molar-refractivity contribution is -0.137. The molecule has 1 aromatic heterocycles. The molecule has 2 aliphatic heterocycles. The number of hydrogen-bond donors (Lipinski definition) is 0. The third-order valence-electron chi connectivity index (χ3n) is 4.67. The summed E-state index contributed by atoms with van der Waals surface area (Å²) >= 11 is 1.26. The second-order valence-electron chi connectivity index (χ2n) is 7.25. The zero-order valence-electron chi connectivity index (χ0n) is 16.3. The van der Waals surface area contributed by atoms with Crippen molar-refractivity contribution in [1.82, 2.24) is 4.90 Å². The van der Waals surface area contributed by atoms with E-state index in [1.165, 1.54) is 17.8 Å². The van der Waals surface area contributed by atoms with E-state index in [1.54, 1.807) is 24.3 Å². The number of furan rings is 1. The van der Waals surface area contributed by atoms with E-state index in [0.717, 1.165) is 12.1 Å². The van der Waals surface area contributed by atoms with E-state index in [-0.39, 0.29) is 18.1 Å². The molecule has 30 heavy (non-hydrogen) atoms. The van der Waals surface area contributed by atoms with Crippen molar-refractivity contribution in [2.45, 2.75) is 32.2 Å². The van der Waals surface area contributed by atoms with Crippen molar-refractivity contribution in [1.29, 1.82) is 0 Å². The zero-order chi connectivity index (χ0) is 21.5. The van der Waals surface area contributed by atoms with E-state index in [1.807, 2.05) is 18.7 Å². The Morgan fingerprint density at radius 3 is 2.60 bits per heavy atom. The van der Waals surface area contributed by atoms with Gasteiger partial charge in [-0.05, 0) is 49.9 Å². The fourth-order valence-corrected chi connectivity index (χ4v) is 4.34. The Hall–Kier alpha value is -2.52. The molecule has 5 nitrogen and oxygen atoms in total. The number of carbonyl (C=O) groups excluding carboxylic acids is 1. The molecule has 0 aliphatic carbocycles. The summed E-state index contributed by atoms with van der Waals surface area (Å²) in [5, 5.41) is 0.623. The SMILES string of the molecule is CC1CN(C2=NC(=O)/C(=C/c3ccc(-c4cccc(C(F)(F)F)c4)o3)S2)CC(C)O1. The van der Waals surface area contributed by atoms with E-state index >= 15 is 0 Å². The Labute approximate surface area is 175 Å². The number of benzene rings is 1. The van der Waals surface area contributed by atoms with Crippen LogP contribution in [0.1, 0.15) is 25.2 Å². The Bertz CT molecular complexity index is 1020. The fraction of sp³-hybridized carbons (Fsp3) is 0.333. The summed E-state index contributed by atoms with van der Waals surface area (Å²) in [4.78, 5) is 18.9. The van der Waals surface area contributed by atoms with Gasteiger partial charge in [0.25, 0.3) is 5.91 Å². The molecule has 9 heteroatoms. The van der Waals surface area contributed by atoms with Crippen LogP contribution in [0.3, 0.4) is 0 Å². The Morgan fingerprint density at radius 1 is 1.17 bits per heavy atom. The van der Waals surface area contributed by atoms with E-state index in [2.05, 4.69) is 4.99 Å². The van der Waals surface area contributed by atoms with Gasteiger partial charge in [-0.2, -0.15) is 18.2 Å². The number of aliphatic imine (C=N–C) groups is 1. The lowest BCUT2D eigenvalue weighted by Gasteiger charge is -2.35. The highest BCUT2D eigenvalue weighted by atomic mass is 32.2. The van der Waals surface area contributed by atoms with E-state index in [9.17, 15) is 18.0 Å². The van der Waals surface area contributed by atoms with Crippen LogP contribution in [0.15, 0.2) is 50.7 Å². The average Bonchev–Trinajstić information content (AvgIpc) is 3.28. The first-order chi connectivity index (χ1) is 14.2. The molecule has 158 valence electrons. The predicted molar refractivity (Wildman–Crippen MR) is 109 cm³/mol. The number of carbonyl (C=O) groups is 1. The molecule has 0 saturated carbocycles. The van der Waals surface area contributed by atoms with Crippen LogP contribution in [-0.2, 0) is 15.7 Å². The van der Waals surface area contributed by atoms with Crippen LogP contribution in [0.5, 0.6) is 0 Å². The van der Waals surface area contributed by atoms with E-state index in [4.69, 9.17) is 9.15 Å². The molecule has 1 amide bonds. The maximum Gasteiger partial charge on any atom is 0.416 e. The van der Waals surface area contributed by atoms with Crippen LogP contribution in [0, 0.1) is 0 Å². The maximum absolute atomic E-state index is 12.9. The van der Waals surface area contributed by atoms with Crippen LogP contribution in [0.25, 0.3) is 17.4 Å². The van der Waals surface area contributed by atoms with E-state index < -0.39 is 11.7 Å². The molecular weight excluding hydrogens is 417 g/mol. The molecule has 0 spiro atoms. The van der Waals surface area contributed by atoms with Gasteiger partial charge in [0.05, 0.1) is 22.7 Å². The molecule has 1 aromatic carbocycles. The second-order valence-corrected chi connectivity index (χ2v) is 8.26. The number of amidine groups is 1. The number of thioether (sulfide) groups is 1. The fourth-order valence-electron chi connectivity index (χ4n) is 3.43. The largest absolute Gasteiger partial charge is 0.457 e. The van der Waals surface area contributed by atoms with Gasteiger partial charge in [-0.1, -0.05) is 12.1 Å². The molecule has 2 atom stereocenters. The minimum atomic E-state index is -4.43. The van der Waals surface area contributed by atoms with E-state index in [0.29, 0.717) is 40.2 Å². The van der Waals surface area contributed by atoms with Crippen LogP contribution < -0.4 is 0 Å². The molecule has 1 fully saturated rings. The number of nitrogens with zero attached hydrogens (tertiary/aromatic N) is 2. The highest BCUT2D eigenvalue weighted by molar-refractivity contribution is 8.18. The smallest absolute Gasteiger partial charge is 0.416 e. The predicted octanol–water partition coefficient (Wildman–Crippen LogP) is 5.04.